The molecule has 6 nitrogen and oxygen atoms in total. The standard InChI is InChI=1S/C22H26N2O4/c1-16-8-10-17(11-9-16)21(25)23-12-5-13-24(15-14-23)22(26)20-18(27-2)6-4-7-19(20)28-3/h4,6-11H,5,12-15H2,1-3H3. The zero-order chi connectivity index (χ0) is 20.1. The fourth-order valence-corrected chi connectivity index (χ4v) is 3.42. The van der Waals surface area contributed by atoms with Crippen LogP contribution in [0.4, 0.5) is 0 Å². The Balaban J connectivity index is 1.74. The summed E-state index contributed by atoms with van der Waals surface area (Å²) in [7, 11) is 3.08. The molecule has 1 saturated heterocycles. The third-order valence-corrected chi connectivity index (χ3v) is 5.01. The van der Waals surface area contributed by atoms with Crippen LogP contribution < -0.4 is 9.47 Å². The minimum Gasteiger partial charge on any atom is -0.496 e. The Labute approximate surface area is 165 Å². The minimum atomic E-state index is -0.140. The minimum absolute atomic E-state index is 0.00386. The number of nitrogens with zero attached hydrogens (tertiary/aromatic N) is 2. The number of methoxy groups -OCH3 is 2. The number of aryl methyl sites for hydroxylation is 1. The van der Waals surface area contributed by atoms with Gasteiger partial charge < -0.3 is 19.3 Å². The summed E-state index contributed by atoms with van der Waals surface area (Å²) < 4.78 is 10.7. The van der Waals surface area contributed by atoms with Crippen molar-refractivity contribution in [3.8, 4) is 11.5 Å². The highest BCUT2D eigenvalue weighted by Crippen LogP contribution is 2.30. The smallest absolute Gasteiger partial charge is 0.261 e. The number of carbonyl (C=O) groups excluding carboxylic acids is 2. The molecule has 2 amide bonds. The van der Waals surface area contributed by atoms with E-state index in [-0.39, 0.29) is 11.8 Å². The molecule has 28 heavy (non-hydrogen) atoms. The number of ether oxygens (including phenoxy) is 2. The summed E-state index contributed by atoms with van der Waals surface area (Å²) in [5, 5.41) is 0. The average molecular weight is 382 g/mol. The Morgan fingerprint density at radius 2 is 1.32 bits per heavy atom. The topological polar surface area (TPSA) is 59.1 Å². The van der Waals surface area contributed by atoms with Gasteiger partial charge in [0.15, 0.2) is 0 Å². The van der Waals surface area contributed by atoms with E-state index in [1.165, 1.54) is 14.2 Å². The second-order valence-corrected chi connectivity index (χ2v) is 6.84. The van der Waals surface area contributed by atoms with Gasteiger partial charge in [0.05, 0.1) is 14.2 Å². The third kappa shape index (κ3) is 4.11. The van der Waals surface area contributed by atoms with Gasteiger partial charge in [-0.1, -0.05) is 23.8 Å². The Kier molecular flexibility index (Phi) is 6.19. The SMILES string of the molecule is COc1cccc(OC)c1C(=O)N1CCCN(C(=O)c2ccc(C)cc2)CC1. The lowest BCUT2D eigenvalue weighted by molar-refractivity contribution is 0.0715. The van der Waals surface area contributed by atoms with Gasteiger partial charge in [-0.2, -0.15) is 0 Å². The highest BCUT2D eigenvalue weighted by Gasteiger charge is 2.27. The largest absolute Gasteiger partial charge is 0.496 e. The number of carbonyl (C=O) groups is 2. The first-order chi connectivity index (χ1) is 13.5. The highest BCUT2D eigenvalue weighted by molar-refractivity contribution is 6.00. The van der Waals surface area contributed by atoms with E-state index in [4.69, 9.17) is 9.47 Å². The summed E-state index contributed by atoms with van der Waals surface area (Å²) >= 11 is 0. The van der Waals surface area contributed by atoms with Crippen molar-refractivity contribution >= 4 is 11.8 Å². The predicted octanol–water partition coefficient (Wildman–Crippen LogP) is 3.00. The number of amides is 2. The lowest BCUT2D eigenvalue weighted by Crippen LogP contribution is -2.37. The molecular weight excluding hydrogens is 356 g/mol. The summed E-state index contributed by atoms with van der Waals surface area (Å²) in [6, 6.07) is 12.9. The van der Waals surface area contributed by atoms with Crippen LogP contribution >= 0.6 is 0 Å². The van der Waals surface area contributed by atoms with E-state index in [1.807, 2.05) is 36.1 Å². The van der Waals surface area contributed by atoms with Crippen molar-refractivity contribution in [2.75, 3.05) is 40.4 Å². The maximum atomic E-state index is 13.2. The molecule has 0 unspecified atom stereocenters. The molecule has 0 aromatic heterocycles. The maximum absolute atomic E-state index is 13.2. The summed E-state index contributed by atoms with van der Waals surface area (Å²) in [4.78, 5) is 29.5. The quantitative estimate of drug-likeness (QED) is 0.816. The average Bonchev–Trinajstić information content (AvgIpc) is 2.99. The summed E-state index contributed by atoms with van der Waals surface area (Å²) in [6.07, 6.45) is 0.723. The molecule has 6 heteroatoms. The molecular formula is C22H26N2O4. The fraction of sp³-hybridized carbons (Fsp3) is 0.364. The van der Waals surface area contributed by atoms with Gasteiger partial charge in [0.25, 0.3) is 11.8 Å². The summed E-state index contributed by atoms with van der Waals surface area (Å²) in [6.45, 7) is 4.17. The molecule has 1 fully saturated rings. The molecule has 0 spiro atoms. The molecule has 0 N–H and O–H groups in total. The van der Waals surface area contributed by atoms with Gasteiger partial charge in [-0.3, -0.25) is 9.59 Å². The lowest BCUT2D eigenvalue weighted by atomic mass is 10.1. The van der Waals surface area contributed by atoms with Gasteiger partial charge in [0, 0.05) is 31.7 Å². The van der Waals surface area contributed by atoms with E-state index in [9.17, 15) is 9.59 Å². The van der Waals surface area contributed by atoms with Crippen LogP contribution in [-0.2, 0) is 0 Å². The normalized spacial score (nSPS) is 14.4. The molecule has 0 radical (unpaired) electrons. The molecule has 2 aromatic rings. The molecule has 1 aliphatic heterocycles. The Morgan fingerprint density at radius 3 is 1.86 bits per heavy atom. The van der Waals surface area contributed by atoms with Gasteiger partial charge in [-0.15, -0.1) is 0 Å². The monoisotopic (exact) mass is 382 g/mol. The third-order valence-electron chi connectivity index (χ3n) is 5.01. The Bertz CT molecular complexity index is 826. The van der Waals surface area contributed by atoms with Crippen molar-refractivity contribution in [2.24, 2.45) is 0 Å². The number of hydrogen-bond acceptors (Lipinski definition) is 4. The van der Waals surface area contributed by atoms with E-state index in [0.717, 1.165) is 12.0 Å². The molecule has 1 aliphatic rings. The van der Waals surface area contributed by atoms with Crippen molar-refractivity contribution in [2.45, 2.75) is 13.3 Å². The van der Waals surface area contributed by atoms with Crippen LogP contribution in [-0.4, -0.2) is 62.0 Å². The first kappa shape index (κ1) is 19.7. The highest BCUT2D eigenvalue weighted by atomic mass is 16.5. The molecule has 3 rings (SSSR count). The van der Waals surface area contributed by atoms with Crippen molar-refractivity contribution < 1.29 is 19.1 Å². The van der Waals surface area contributed by atoms with E-state index in [1.54, 1.807) is 23.1 Å². The summed E-state index contributed by atoms with van der Waals surface area (Å²) in [5.74, 6) is 0.838. The van der Waals surface area contributed by atoms with Crippen LogP contribution in [0.15, 0.2) is 42.5 Å². The van der Waals surface area contributed by atoms with Gasteiger partial charge in [0.2, 0.25) is 0 Å². The molecule has 0 saturated carbocycles. The molecule has 0 atom stereocenters. The van der Waals surface area contributed by atoms with Gasteiger partial charge in [-0.05, 0) is 37.6 Å². The second kappa shape index (κ2) is 8.78. The van der Waals surface area contributed by atoms with Crippen LogP contribution in [0, 0.1) is 6.92 Å². The van der Waals surface area contributed by atoms with Gasteiger partial charge >= 0.3 is 0 Å². The predicted molar refractivity (Wildman–Crippen MR) is 107 cm³/mol. The number of rotatable bonds is 4. The van der Waals surface area contributed by atoms with E-state index in [0.29, 0.717) is 48.8 Å². The fourth-order valence-electron chi connectivity index (χ4n) is 3.42. The Morgan fingerprint density at radius 1 is 0.786 bits per heavy atom. The number of benzene rings is 2. The molecule has 1 heterocycles. The van der Waals surface area contributed by atoms with Gasteiger partial charge in [-0.25, -0.2) is 0 Å². The van der Waals surface area contributed by atoms with E-state index < -0.39 is 0 Å². The second-order valence-electron chi connectivity index (χ2n) is 6.84. The van der Waals surface area contributed by atoms with Crippen molar-refractivity contribution in [1.82, 2.24) is 9.80 Å². The molecule has 0 aliphatic carbocycles. The Hall–Kier alpha value is -3.02. The number of hydrogen-bond donors (Lipinski definition) is 0. The van der Waals surface area contributed by atoms with Crippen molar-refractivity contribution in [3.63, 3.8) is 0 Å². The van der Waals surface area contributed by atoms with Gasteiger partial charge in [0.1, 0.15) is 17.1 Å². The molecule has 0 bridgehead atoms. The van der Waals surface area contributed by atoms with Crippen LogP contribution in [0.3, 0.4) is 0 Å². The van der Waals surface area contributed by atoms with E-state index >= 15 is 0 Å². The van der Waals surface area contributed by atoms with Crippen molar-refractivity contribution in [3.05, 3.63) is 59.2 Å². The zero-order valence-electron chi connectivity index (χ0n) is 16.6. The first-order valence-electron chi connectivity index (χ1n) is 9.41. The van der Waals surface area contributed by atoms with Crippen LogP contribution in [0.1, 0.15) is 32.7 Å². The zero-order valence-corrected chi connectivity index (χ0v) is 16.6. The van der Waals surface area contributed by atoms with E-state index in [2.05, 4.69) is 0 Å². The molecule has 148 valence electrons. The lowest BCUT2D eigenvalue weighted by Gasteiger charge is -2.23. The maximum Gasteiger partial charge on any atom is 0.261 e. The van der Waals surface area contributed by atoms with Crippen LogP contribution in [0.5, 0.6) is 11.5 Å². The summed E-state index contributed by atoms with van der Waals surface area (Å²) in [5.41, 5.74) is 2.22. The van der Waals surface area contributed by atoms with Crippen LogP contribution in [0.2, 0.25) is 0 Å². The molecule has 2 aromatic carbocycles. The van der Waals surface area contributed by atoms with Crippen molar-refractivity contribution in [1.29, 1.82) is 0 Å². The van der Waals surface area contributed by atoms with Crippen LogP contribution in [0.25, 0.3) is 0 Å². The first-order valence-corrected chi connectivity index (χ1v) is 9.41.